The average Bonchev–Trinajstić information content (AvgIpc) is 2.28. The number of Topliss-reactive ketones (excluding diaryl/α,β-unsaturated/α-hetero) is 1. The van der Waals surface area contributed by atoms with Crippen LogP contribution in [0.15, 0.2) is 24.3 Å². The highest BCUT2D eigenvalue weighted by atomic mass is 16.5. The summed E-state index contributed by atoms with van der Waals surface area (Å²) in [5.41, 5.74) is 5.61. The van der Waals surface area contributed by atoms with Crippen molar-refractivity contribution in [2.45, 2.75) is 26.2 Å². The van der Waals surface area contributed by atoms with Crippen LogP contribution in [0, 0.1) is 0 Å². The van der Waals surface area contributed by atoms with Crippen molar-refractivity contribution in [1.82, 2.24) is 0 Å². The van der Waals surface area contributed by atoms with Gasteiger partial charge in [-0.1, -0.05) is 12.1 Å². The molecule has 0 aliphatic carbocycles. The second-order valence-corrected chi connectivity index (χ2v) is 3.87. The Balaban J connectivity index is 2.41. The molecule has 1 aromatic rings. The van der Waals surface area contributed by atoms with E-state index < -0.39 is 5.91 Å². The molecule has 0 aliphatic rings. The first-order valence-electron chi connectivity index (χ1n) is 5.62. The van der Waals surface area contributed by atoms with Crippen LogP contribution in [0.4, 0.5) is 0 Å². The van der Waals surface area contributed by atoms with Gasteiger partial charge in [0, 0.05) is 6.42 Å². The van der Waals surface area contributed by atoms with Crippen LogP contribution in [0.1, 0.15) is 36.5 Å². The van der Waals surface area contributed by atoms with Gasteiger partial charge in [-0.3, -0.25) is 4.79 Å². The minimum atomic E-state index is -0.496. The van der Waals surface area contributed by atoms with Crippen LogP contribution in [-0.4, -0.2) is 18.3 Å². The molecule has 0 atom stereocenters. The van der Waals surface area contributed by atoms with Gasteiger partial charge in [0.05, 0.1) is 12.2 Å². The van der Waals surface area contributed by atoms with Crippen molar-refractivity contribution in [3.05, 3.63) is 29.8 Å². The third-order valence-electron chi connectivity index (χ3n) is 2.33. The van der Waals surface area contributed by atoms with Gasteiger partial charge in [-0.05, 0) is 31.9 Å². The lowest BCUT2D eigenvalue weighted by atomic mass is 10.2. The van der Waals surface area contributed by atoms with Crippen LogP contribution in [0.25, 0.3) is 0 Å². The third kappa shape index (κ3) is 4.68. The molecule has 0 fully saturated rings. The first-order chi connectivity index (χ1) is 8.11. The molecule has 0 saturated heterocycles. The van der Waals surface area contributed by atoms with Crippen LogP contribution in [0.3, 0.4) is 0 Å². The van der Waals surface area contributed by atoms with Crippen molar-refractivity contribution in [2.75, 3.05) is 6.61 Å². The molecule has 0 radical (unpaired) electrons. The molecule has 0 spiro atoms. The summed E-state index contributed by atoms with van der Waals surface area (Å²) in [6.45, 7) is 2.06. The normalized spacial score (nSPS) is 9.94. The van der Waals surface area contributed by atoms with Crippen LogP contribution in [-0.2, 0) is 4.79 Å². The quantitative estimate of drug-likeness (QED) is 0.734. The summed E-state index contributed by atoms with van der Waals surface area (Å²) in [5, 5.41) is 0. The Kier molecular flexibility index (Phi) is 5.20. The minimum absolute atomic E-state index is 0.183. The molecule has 17 heavy (non-hydrogen) atoms. The topological polar surface area (TPSA) is 69.4 Å². The van der Waals surface area contributed by atoms with Crippen LogP contribution in [0.5, 0.6) is 5.75 Å². The Labute approximate surface area is 101 Å². The Morgan fingerprint density at radius 3 is 2.59 bits per heavy atom. The van der Waals surface area contributed by atoms with Gasteiger partial charge in [0.2, 0.25) is 0 Å². The molecule has 0 aliphatic heterocycles. The molecule has 4 heteroatoms. The van der Waals surface area contributed by atoms with E-state index in [1.165, 1.54) is 0 Å². The molecule has 0 saturated carbocycles. The Morgan fingerprint density at radius 1 is 1.24 bits per heavy atom. The molecule has 1 amide bonds. The number of hydrogen-bond acceptors (Lipinski definition) is 3. The van der Waals surface area contributed by atoms with E-state index in [2.05, 4.69) is 0 Å². The molecule has 1 rings (SSSR count). The number of rotatable bonds is 7. The first-order valence-corrected chi connectivity index (χ1v) is 5.62. The van der Waals surface area contributed by atoms with Crippen molar-refractivity contribution >= 4 is 11.7 Å². The summed E-state index contributed by atoms with van der Waals surface area (Å²) < 4.78 is 5.47. The number of nitrogens with two attached hydrogens (primary N) is 1. The zero-order valence-corrected chi connectivity index (χ0v) is 9.94. The van der Waals surface area contributed by atoms with E-state index in [0.29, 0.717) is 24.3 Å². The smallest absolute Gasteiger partial charge is 0.252 e. The number of unbranched alkanes of at least 4 members (excludes halogenated alkanes) is 1. The van der Waals surface area contributed by atoms with Gasteiger partial charge < -0.3 is 15.3 Å². The lowest BCUT2D eigenvalue weighted by Crippen LogP contribution is -2.13. The summed E-state index contributed by atoms with van der Waals surface area (Å²) in [6.07, 6.45) is 2.15. The summed E-state index contributed by atoms with van der Waals surface area (Å²) in [4.78, 5) is 21.8. The fourth-order valence-electron chi connectivity index (χ4n) is 1.45. The van der Waals surface area contributed by atoms with Gasteiger partial charge in [0.15, 0.2) is 0 Å². The second-order valence-electron chi connectivity index (χ2n) is 3.87. The molecule has 1 aromatic carbocycles. The summed E-state index contributed by atoms with van der Waals surface area (Å²) in [5.74, 6) is 0.190. The van der Waals surface area contributed by atoms with E-state index >= 15 is 0 Å². The highest BCUT2D eigenvalue weighted by molar-refractivity contribution is 5.95. The maximum atomic E-state index is 11.1. The number of benzene rings is 1. The van der Waals surface area contributed by atoms with Crippen LogP contribution in [0.2, 0.25) is 0 Å². The van der Waals surface area contributed by atoms with E-state index in [9.17, 15) is 9.59 Å². The van der Waals surface area contributed by atoms with Gasteiger partial charge in [-0.15, -0.1) is 0 Å². The Hall–Kier alpha value is -1.84. The number of carbonyl (C=O) groups is 2. The van der Waals surface area contributed by atoms with E-state index in [1.807, 2.05) is 0 Å². The highest BCUT2D eigenvalue weighted by Crippen LogP contribution is 2.17. The maximum Gasteiger partial charge on any atom is 0.252 e. The summed E-state index contributed by atoms with van der Waals surface area (Å²) >= 11 is 0. The number of ether oxygens (including phenoxy) is 1. The van der Waals surface area contributed by atoms with Crippen molar-refractivity contribution in [3.63, 3.8) is 0 Å². The van der Waals surface area contributed by atoms with Crippen molar-refractivity contribution in [1.29, 1.82) is 0 Å². The summed E-state index contributed by atoms with van der Waals surface area (Å²) in [6, 6.07) is 6.87. The molecule has 92 valence electrons. The highest BCUT2D eigenvalue weighted by Gasteiger charge is 2.07. The maximum absolute atomic E-state index is 11.1. The first kappa shape index (κ1) is 13.2. The average molecular weight is 235 g/mol. The number of ketones is 1. The van der Waals surface area contributed by atoms with Gasteiger partial charge in [-0.25, -0.2) is 0 Å². The molecule has 2 N–H and O–H groups in total. The Bertz CT molecular complexity index is 401. The van der Waals surface area contributed by atoms with E-state index in [4.69, 9.17) is 10.5 Å². The lowest BCUT2D eigenvalue weighted by molar-refractivity contribution is -0.117. The number of hydrogen-bond donors (Lipinski definition) is 1. The third-order valence-corrected chi connectivity index (χ3v) is 2.33. The number of amides is 1. The Morgan fingerprint density at radius 2 is 1.94 bits per heavy atom. The van der Waals surface area contributed by atoms with Crippen LogP contribution < -0.4 is 10.5 Å². The molecular weight excluding hydrogens is 218 g/mol. The monoisotopic (exact) mass is 235 g/mol. The number of primary amides is 1. The number of para-hydroxylation sites is 1. The molecule has 4 nitrogen and oxygen atoms in total. The fraction of sp³-hybridized carbons (Fsp3) is 0.385. The molecule has 0 aromatic heterocycles. The van der Waals surface area contributed by atoms with Gasteiger partial charge in [-0.2, -0.15) is 0 Å². The predicted octanol–water partition coefficient (Wildman–Crippen LogP) is 1.92. The van der Waals surface area contributed by atoms with Crippen LogP contribution >= 0.6 is 0 Å². The second kappa shape index (κ2) is 6.68. The summed E-state index contributed by atoms with van der Waals surface area (Å²) in [7, 11) is 0. The zero-order chi connectivity index (χ0) is 12.7. The predicted molar refractivity (Wildman–Crippen MR) is 65.0 cm³/mol. The largest absolute Gasteiger partial charge is 0.493 e. The molecule has 0 unspecified atom stereocenters. The standard InChI is InChI=1S/C13H17NO3/c1-10(15)6-4-5-9-17-12-8-3-2-7-11(12)13(14)16/h2-3,7-8H,4-6,9H2,1H3,(H2,14,16). The number of carbonyl (C=O) groups excluding carboxylic acids is 2. The van der Waals surface area contributed by atoms with Gasteiger partial charge >= 0.3 is 0 Å². The van der Waals surface area contributed by atoms with E-state index in [1.54, 1.807) is 31.2 Å². The molecule has 0 heterocycles. The van der Waals surface area contributed by atoms with E-state index in [0.717, 1.165) is 12.8 Å². The van der Waals surface area contributed by atoms with Crippen molar-refractivity contribution < 1.29 is 14.3 Å². The fourth-order valence-corrected chi connectivity index (χ4v) is 1.45. The van der Waals surface area contributed by atoms with Crippen molar-refractivity contribution in [2.24, 2.45) is 5.73 Å². The van der Waals surface area contributed by atoms with Crippen molar-refractivity contribution in [3.8, 4) is 5.75 Å². The molecular formula is C13H17NO3. The molecule has 0 bridgehead atoms. The van der Waals surface area contributed by atoms with Gasteiger partial charge in [0.25, 0.3) is 5.91 Å². The SMILES string of the molecule is CC(=O)CCCCOc1ccccc1C(N)=O. The zero-order valence-electron chi connectivity index (χ0n) is 9.94. The minimum Gasteiger partial charge on any atom is -0.493 e. The lowest BCUT2D eigenvalue weighted by Gasteiger charge is -2.08. The van der Waals surface area contributed by atoms with Gasteiger partial charge in [0.1, 0.15) is 11.5 Å². The van der Waals surface area contributed by atoms with E-state index in [-0.39, 0.29) is 5.78 Å².